The highest BCUT2D eigenvalue weighted by Crippen LogP contribution is 2.29. The minimum Gasteiger partial charge on any atom is -0.497 e. The zero-order valence-corrected chi connectivity index (χ0v) is 6.28. The number of pyridine rings is 1. The smallest absolute Gasteiger partial charge is 0.123 e. The maximum Gasteiger partial charge on any atom is 0.123 e. The van der Waals surface area contributed by atoms with Crippen LogP contribution in [0, 0.1) is 0 Å². The van der Waals surface area contributed by atoms with Crippen molar-refractivity contribution in [3.05, 3.63) is 24.0 Å². The number of rotatable bonds is 2. The van der Waals surface area contributed by atoms with E-state index in [2.05, 4.69) is 4.98 Å². The topological polar surface area (TPSA) is 34.6 Å². The number of ether oxygens (including phenoxy) is 2. The SMILES string of the molecule is COc1ccnc(C2CO2)c1. The molecule has 1 aromatic heterocycles. The van der Waals surface area contributed by atoms with Gasteiger partial charge in [0.05, 0.1) is 19.4 Å². The highest BCUT2D eigenvalue weighted by Gasteiger charge is 2.26. The number of aromatic nitrogens is 1. The van der Waals surface area contributed by atoms with E-state index >= 15 is 0 Å². The van der Waals surface area contributed by atoms with Crippen LogP contribution < -0.4 is 4.74 Å². The van der Waals surface area contributed by atoms with Crippen molar-refractivity contribution in [2.75, 3.05) is 13.7 Å². The number of hydrogen-bond donors (Lipinski definition) is 0. The van der Waals surface area contributed by atoms with Crippen LogP contribution >= 0.6 is 0 Å². The Morgan fingerprint density at radius 3 is 3.18 bits per heavy atom. The number of methoxy groups -OCH3 is 1. The normalized spacial score (nSPS) is 21.4. The molecule has 3 heteroatoms. The van der Waals surface area contributed by atoms with Gasteiger partial charge in [0.1, 0.15) is 11.9 Å². The summed E-state index contributed by atoms with van der Waals surface area (Å²) in [6.07, 6.45) is 1.95. The van der Waals surface area contributed by atoms with Crippen molar-refractivity contribution in [2.24, 2.45) is 0 Å². The van der Waals surface area contributed by atoms with Gasteiger partial charge in [0.2, 0.25) is 0 Å². The van der Waals surface area contributed by atoms with Crippen molar-refractivity contribution in [3.63, 3.8) is 0 Å². The van der Waals surface area contributed by atoms with E-state index in [9.17, 15) is 0 Å². The maximum absolute atomic E-state index is 5.08. The molecule has 0 aromatic carbocycles. The minimum absolute atomic E-state index is 0.213. The summed E-state index contributed by atoms with van der Waals surface area (Å²) in [4.78, 5) is 4.14. The van der Waals surface area contributed by atoms with E-state index in [1.807, 2.05) is 12.1 Å². The quantitative estimate of drug-likeness (QED) is 0.595. The highest BCUT2D eigenvalue weighted by molar-refractivity contribution is 5.24. The summed E-state index contributed by atoms with van der Waals surface area (Å²) < 4.78 is 10.1. The average Bonchev–Trinajstić information content (AvgIpc) is 2.87. The van der Waals surface area contributed by atoms with Gasteiger partial charge >= 0.3 is 0 Å². The third-order valence-electron chi connectivity index (χ3n) is 1.65. The molecule has 0 spiro atoms. The molecule has 0 amide bonds. The summed E-state index contributed by atoms with van der Waals surface area (Å²) in [7, 11) is 1.65. The van der Waals surface area contributed by atoms with E-state index in [0.29, 0.717) is 0 Å². The lowest BCUT2D eigenvalue weighted by Gasteiger charge is -1.99. The van der Waals surface area contributed by atoms with Gasteiger partial charge in [0.15, 0.2) is 0 Å². The fourth-order valence-electron chi connectivity index (χ4n) is 0.950. The largest absolute Gasteiger partial charge is 0.497 e. The zero-order valence-electron chi connectivity index (χ0n) is 6.28. The fraction of sp³-hybridized carbons (Fsp3) is 0.375. The first kappa shape index (κ1) is 6.61. The van der Waals surface area contributed by atoms with Crippen LogP contribution in [0.15, 0.2) is 18.3 Å². The van der Waals surface area contributed by atoms with Crippen molar-refractivity contribution in [2.45, 2.75) is 6.10 Å². The molecule has 1 unspecified atom stereocenters. The second-order valence-electron chi connectivity index (χ2n) is 2.44. The number of hydrogen-bond acceptors (Lipinski definition) is 3. The lowest BCUT2D eigenvalue weighted by molar-refractivity contribution is 0.400. The monoisotopic (exact) mass is 151 g/mol. The van der Waals surface area contributed by atoms with Crippen LogP contribution in [0.3, 0.4) is 0 Å². The van der Waals surface area contributed by atoms with Crippen LogP contribution in [-0.2, 0) is 4.74 Å². The molecular weight excluding hydrogens is 142 g/mol. The standard InChI is InChI=1S/C8H9NO2/c1-10-6-2-3-9-7(4-6)8-5-11-8/h2-4,8H,5H2,1H3. The molecule has 2 heterocycles. The molecule has 1 aromatic rings. The summed E-state index contributed by atoms with van der Waals surface area (Å²) in [5, 5.41) is 0. The van der Waals surface area contributed by atoms with Crippen LogP contribution in [-0.4, -0.2) is 18.7 Å². The predicted octanol–water partition coefficient (Wildman–Crippen LogP) is 1.16. The third kappa shape index (κ3) is 1.33. The van der Waals surface area contributed by atoms with E-state index in [1.54, 1.807) is 13.3 Å². The average molecular weight is 151 g/mol. The fourth-order valence-corrected chi connectivity index (χ4v) is 0.950. The molecule has 1 atom stereocenters. The minimum atomic E-state index is 0.213. The third-order valence-corrected chi connectivity index (χ3v) is 1.65. The molecule has 1 saturated heterocycles. The van der Waals surface area contributed by atoms with E-state index in [0.717, 1.165) is 18.1 Å². The molecular formula is C8H9NO2. The lowest BCUT2D eigenvalue weighted by Crippen LogP contribution is -1.88. The second-order valence-corrected chi connectivity index (χ2v) is 2.44. The van der Waals surface area contributed by atoms with E-state index in [-0.39, 0.29) is 6.10 Å². The first-order valence-electron chi connectivity index (χ1n) is 3.51. The van der Waals surface area contributed by atoms with Crippen LogP contribution in [0.1, 0.15) is 11.8 Å². The summed E-state index contributed by atoms with van der Waals surface area (Å²) in [5.74, 6) is 0.838. The van der Waals surface area contributed by atoms with Crippen molar-refractivity contribution >= 4 is 0 Å². The van der Waals surface area contributed by atoms with Gasteiger partial charge in [-0.05, 0) is 6.07 Å². The first-order valence-corrected chi connectivity index (χ1v) is 3.51. The van der Waals surface area contributed by atoms with Gasteiger partial charge in [0.25, 0.3) is 0 Å². The summed E-state index contributed by atoms with van der Waals surface area (Å²) in [5.41, 5.74) is 0.962. The van der Waals surface area contributed by atoms with Gasteiger partial charge in [-0.1, -0.05) is 0 Å². The van der Waals surface area contributed by atoms with Crippen molar-refractivity contribution < 1.29 is 9.47 Å². The van der Waals surface area contributed by atoms with Gasteiger partial charge in [-0.3, -0.25) is 4.98 Å². The van der Waals surface area contributed by atoms with Gasteiger partial charge in [-0.25, -0.2) is 0 Å². The summed E-state index contributed by atoms with van der Waals surface area (Å²) >= 11 is 0. The van der Waals surface area contributed by atoms with E-state index in [1.165, 1.54) is 0 Å². The van der Waals surface area contributed by atoms with Gasteiger partial charge in [0, 0.05) is 12.3 Å². The Morgan fingerprint density at radius 1 is 1.73 bits per heavy atom. The molecule has 1 fully saturated rings. The molecule has 0 saturated carbocycles. The van der Waals surface area contributed by atoms with E-state index < -0.39 is 0 Å². The molecule has 3 nitrogen and oxygen atoms in total. The Hall–Kier alpha value is -1.09. The summed E-state index contributed by atoms with van der Waals surface area (Å²) in [6.45, 7) is 0.792. The Balaban J connectivity index is 2.26. The molecule has 1 aliphatic rings. The lowest BCUT2D eigenvalue weighted by atomic mass is 10.3. The van der Waals surface area contributed by atoms with Gasteiger partial charge in [-0.2, -0.15) is 0 Å². The Labute approximate surface area is 65.0 Å². The van der Waals surface area contributed by atoms with Gasteiger partial charge < -0.3 is 9.47 Å². The first-order chi connectivity index (χ1) is 5.40. The van der Waals surface area contributed by atoms with Crippen LogP contribution in [0.2, 0.25) is 0 Å². The molecule has 1 aliphatic heterocycles. The molecule has 2 rings (SSSR count). The second kappa shape index (κ2) is 2.51. The van der Waals surface area contributed by atoms with Crippen LogP contribution in [0.4, 0.5) is 0 Å². The van der Waals surface area contributed by atoms with Gasteiger partial charge in [-0.15, -0.1) is 0 Å². The van der Waals surface area contributed by atoms with Crippen molar-refractivity contribution in [3.8, 4) is 5.75 Å². The molecule has 58 valence electrons. The molecule has 0 N–H and O–H groups in total. The Bertz CT molecular complexity index is 258. The van der Waals surface area contributed by atoms with Crippen LogP contribution in [0.25, 0.3) is 0 Å². The number of nitrogens with zero attached hydrogens (tertiary/aromatic N) is 1. The van der Waals surface area contributed by atoms with Crippen LogP contribution in [0.5, 0.6) is 5.75 Å². The van der Waals surface area contributed by atoms with Crippen molar-refractivity contribution in [1.82, 2.24) is 4.98 Å². The zero-order chi connectivity index (χ0) is 7.68. The van der Waals surface area contributed by atoms with E-state index in [4.69, 9.17) is 9.47 Å². The Kier molecular flexibility index (Phi) is 1.51. The molecule has 11 heavy (non-hydrogen) atoms. The summed E-state index contributed by atoms with van der Waals surface area (Å²) in [6, 6.07) is 3.73. The maximum atomic E-state index is 5.08. The number of epoxide rings is 1. The Morgan fingerprint density at radius 2 is 2.55 bits per heavy atom. The molecule has 0 aliphatic carbocycles. The van der Waals surface area contributed by atoms with Crippen molar-refractivity contribution in [1.29, 1.82) is 0 Å². The molecule has 0 bridgehead atoms. The molecule has 0 radical (unpaired) electrons. The highest BCUT2D eigenvalue weighted by atomic mass is 16.6. The predicted molar refractivity (Wildman–Crippen MR) is 39.5 cm³/mol.